The van der Waals surface area contributed by atoms with Crippen LogP contribution in [0.15, 0.2) is 170 Å². The molecule has 0 unspecified atom stereocenters. The number of rotatable bonds is 3. The second-order valence-corrected chi connectivity index (χ2v) is 14.9. The highest BCUT2D eigenvalue weighted by molar-refractivity contribution is 7.25. The third-order valence-corrected chi connectivity index (χ3v) is 12.0. The third kappa shape index (κ3) is 4.17. The van der Waals surface area contributed by atoms with Gasteiger partial charge in [0.25, 0.3) is 0 Å². The number of hydrogen-bond donors (Lipinski definition) is 0. The number of aromatic nitrogens is 4. The Kier molecular flexibility index (Phi) is 5.90. The number of para-hydroxylation sites is 4. The van der Waals surface area contributed by atoms with Gasteiger partial charge in [-0.25, -0.2) is 9.97 Å². The Morgan fingerprint density at radius 3 is 1.77 bits per heavy atom. The molecular weight excluding hydrogens is 665 g/mol. The number of nitrogens with zero attached hydrogens (tertiary/aromatic N) is 4. The van der Waals surface area contributed by atoms with Gasteiger partial charge in [0, 0.05) is 58.4 Å². The fraction of sp³-hybridized carbons (Fsp3) is 0. The van der Waals surface area contributed by atoms with Gasteiger partial charge in [0.1, 0.15) is 0 Å². The van der Waals surface area contributed by atoms with Crippen molar-refractivity contribution in [2.24, 2.45) is 0 Å². The number of hydrogen-bond acceptors (Lipinski definition) is 3. The molecule has 0 fully saturated rings. The Labute approximate surface area is 307 Å². The summed E-state index contributed by atoms with van der Waals surface area (Å²) in [6, 6.07) is 61.3. The lowest BCUT2D eigenvalue weighted by molar-refractivity contribution is 1.01. The van der Waals surface area contributed by atoms with E-state index in [0.717, 1.165) is 44.3 Å². The van der Waals surface area contributed by atoms with Gasteiger partial charge < -0.3 is 4.57 Å². The molecule has 0 aliphatic heterocycles. The van der Waals surface area contributed by atoms with Crippen LogP contribution in [0.5, 0.6) is 0 Å². The molecule has 0 radical (unpaired) electrons. The summed E-state index contributed by atoms with van der Waals surface area (Å²) in [7, 11) is 0. The molecule has 0 saturated heterocycles. The largest absolute Gasteiger partial charge is 0.309 e. The van der Waals surface area contributed by atoms with Crippen molar-refractivity contribution in [1.29, 1.82) is 0 Å². The summed E-state index contributed by atoms with van der Waals surface area (Å²) in [5.74, 6) is 0.666. The predicted molar refractivity (Wildman–Crippen MR) is 224 cm³/mol. The van der Waals surface area contributed by atoms with E-state index in [1.807, 2.05) is 11.3 Å². The zero-order chi connectivity index (χ0) is 34.6. The van der Waals surface area contributed by atoms with E-state index in [1.165, 1.54) is 58.1 Å². The molecule has 0 amide bonds. The Morgan fingerprint density at radius 1 is 0.377 bits per heavy atom. The van der Waals surface area contributed by atoms with Crippen molar-refractivity contribution in [3.8, 4) is 22.9 Å². The lowest BCUT2D eigenvalue weighted by Gasteiger charge is -2.12. The van der Waals surface area contributed by atoms with E-state index in [0.29, 0.717) is 5.95 Å². The smallest absolute Gasteiger partial charge is 0.235 e. The molecular formula is C48H28N4S. The first kappa shape index (κ1) is 28.8. The molecule has 8 aromatic carbocycles. The average molecular weight is 693 g/mol. The Balaban J connectivity index is 1.11. The van der Waals surface area contributed by atoms with E-state index in [2.05, 4.69) is 179 Å². The van der Waals surface area contributed by atoms with E-state index in [4.69, 9.17) is 9.97 Å². The van der Waals surface area contributed by atoms with Gasteiger partial charge in [-0.15, -0.1) is 11.3 Å². The second-order valence-electron chi connectivity index (χ2n) is 13.8. The molecule has 4 nitrogen and oxygen atoms in total. The van der Waals surface area contributed by atoms with Crippen LogP contribution in [0, 0.1) is 0 Å². The molecule has 0 atom stereocenters. The maximum absolute atomic E-state index is 5.43. The van der Waals surface area contributed by atoms with Gasteiger partial charge in [-0.1, -0.05) is 109 Å². The molecule has 5 heteroatoms. The molecule has 12 rings (SSSR count). The van der Waals surface area contributed by atoms with Crippen LogP contribution in [0.1, 0.15) is 0 Å². The van der Waals surface area contributed by atoms with E-state index >= 15 is 0 Å². The molecule has 0 aliphatic rings. The molecule has 4 heterocycles. The summed E-state index contributed by atoms with van der Waals surface area (Å²) in [5.41, 5.74) is 8.66. The number of thiophene rings is 1. The van der Waals surface area contributed by atoms with Crippen LogP contribution in [0.25, 0.3) is 108 Å². The monoisotopic (exact) mass is 692 g/mol. The highest BCUT2D eigenvalue weighted by Crippen LogP contribution is 2.40. The van der Waals surface area contributed by atoms with Gasteiger partial charge in [0.15, 0.2) is 0 Å². The lowest BCUT2D eigenvalue weighted by atomic mass is 10.0. The highest BCUT2D eigenvalue weighted by Gasteiger charge is 2.19. The minimum atomic E-state index is 0.666. The first-order valence-electron chi connectivity index (χ1n) is 17.9. The Hall–Kier alpha value is -6.82. The molecule has 0 aliphatic carbocycles. The van der Waals surface area contributed by atoms with Gasteiger partial charge in [0.05, 0.1) is 33.3 Å². The number of fused-ring (bicyclic) bond motifs is 11. The minimum absolute atomic E-state index is 0.666. The van der Waals surface area contributed by atoms with Crippen molar-refractivity contribution >= 4 is 96.8 Å². The van der Waals surface area contributed by atoms with Crippen LogP contribution in [0.4, 0.5) is 0 Å². The molecule has 0 N–H and O–H groups in total. The van der Waals surface area contributed by atoms with Crippen LogP contribution in [-0.2, 0) is 0 Å². The van der Waals surface area contributed by atoms with Gasteiger partial charge in [-0.2, -0.15) is 0 Å². The summed E-state index contributed by atoms with van der Waals surface area (Å²) in [6.07, 6.45) is 0. The minimum Gasteiger partial charge on any atom is -0.309 e. The van der Waals surface area contributed by atoms with Crippen molar-refractivity contribution in [1.82, 2.24) is 19.1 Å². The summed E-state index contributed by atoms with van der Waals surface area (Å²) in [6.45, 7) is 0. The van der Waals surface area contributed by atoms with Crippen LogP contribution in [0.2, 0.25) is 0 Å². The summed E-state index contributed by atoms with van der Waals surface area (Å²) >= 11 is 1.83. The fourth-order valence-electron chi connectivity index (χ4n) is 8.51. The molecule has 246 valence electrons. The van der Waals surface area contributed by atoms with Gasteiger partial charge in [0.2, 0.25) is 5.95 Å². The Morgan fingerprint density at radius 2 is 1.00 bits per heavy atom. The van der Waals surface area contributed by atoms with Crippen molar-refractivity contribution < 1.29 is 0 Å². The van der Waals surface area contributed by atoms with Crippen molar-refractivity contribution in [2.75, 3.05) is 0 Å². The maximum atomic E-state index is 5.43. The lowest BCUT2D eigenvalue weighted by Crippen LogP contribution is -2.03. The summed E-state index contributed by atoms with van der Waals surface area (Å²) in [4.78, 5) is 10.7. The molecule has 0 bridgehead atoms. The standard InChI is InChI=1S/C48H28N4S/c1-6-16-40-38(15-1)47(30-22-24-37-36-14-5-10-20-45(36)53-46(37)28-30)50-48(49-40)52-43-19-9-4-13-35(43)39-26-29-21-23-32(25-31(29)27-44(39)52)51-41-17-7-2-11-33(41)34-12-3-8-18-42(34)51/h1-28H. The highest BCUT2D eigenvalue weighted by atomic mass is 32.1. The molecule has 53 heavy (non-hydrogen) atoms. The topological polar surface area (TPSA) is 35.6 Å². The van der Waals surface area contributed by atoms with Crippen LogP contribution < -0.4 is 0 Å². The first-order chi connectivity index (χ1) is 26.3. The van der Waals surface area contributed by atoms with Crippen LogP contribution in [0.3, 0.4) is 0 Å². The van der Waals surface area contributed by atoms with Crippen LogP contribution in [-0.4, -0.2) is 19.1 Å². The summed E-state index contributed by atoms with van der Waals surface area (Å²) < 4.78 is 7.20. The Bertz CT molecular complexity index is 3420. The van der Waals surface area contributed by atoms with E-state index in [1.54, 1.807) is 0 Å². The number of benzene rings is 8. The van der Waals surface area contributed by atoms with E-state index in [9.17, 15) is 0 Å². The quantitative estimate of drug-likeness (QED) is 0.185. The van der Waals surface area contributed by atoms with Crippen molar-refractivity contribution in [2.45, 2.75) is 0 Å². The van der Waals surface area contributed by atoms with Gasteiger partial charge >= 0.3 is 0 Å². The fourth-order valence-corrected chi connectivity index (χ4v) is 9.66. The normalized spacial score (nSPS) is 12.2. The SMILES string of the molecule is c1ccc2c(-c3ccc4c(c3)sc3ccccc34)nc(-n3c4ccccc4c4cc5ccc(-n6c7ccccc7c7ccccc76)cc5cc43)nc2c1. The second kappa shape index (κ2) is 10.8. The van der Waals surface area contributed by atoms with Gasteiger partial charge in [-0.3, -0.25) is 4.57 Å². The first-order valence-corrected chi connectivity index (χ1v) is 18.7. The molecule has 0 saturated carbocycles. The van der Waals surface area contributed by atoms with E-state index < -0.39 is 0 Å². The predicted octanol–water partition coefficient (Wildman–Crippen LogP) is 13.0. The van der Waals surface area contributed by atoms with Crippen LogP contribution >= 0.6 is 11.3 Å². The maximum Gasteiger partial charge on any atom is 0.235 e. The molecule has 12 aromatic rings. The average Bonchev–Trinajstić information content (AvgIpc) is 3.86. The zero-order valence-electron chi connectivity index (χ0n) is 28.4. The zero-order valence-corrected chi connectivity index (χ0v) is 29.2. The van der Waals surface area contributed by atoms with Crippen molar-refractivity contribution in [3.63, 3.8) is 0 Å². The van der Waals surface area contributed by atoms with Gasteiger partial charge in [-0.05, 0) is 71.4 Å². The van der Waals surface area contributed by atoms with Crippen molar-refractivity contribution in [3.05, 3.63) is 170 Å². The molecule has 0 spiro atoms. The molecule has 4 aromatic heterocycles. The third-order valence-electron chi connectivity index (χ3n) is 10.9. The summed E-state index contributed by atoms with van der Waals surface area (Å²) in [5, 5.41) is 10.9. The van der Waals surface area contributed by atoms with E-state index in [-0.39, 0.29) is 0 Å².